The van der Waals surface area contributed by atoms with E-state index in [0.717, 1.165) is 15.8 Å². The molecule has 1 atom stereocenters. The van der Waals surface area contributed by atoms with Gasteiger partial charge in [-0.25, -0.2) is 4.79 Å². The first kappa shape index (κ1) is 12.9. The van der Waals surface area contributed by atoms with Gasteiger partial charge in [0.2, 0.25) is 0 Å². The van der Waals surface area contributed by atoms with Crippen molar-refractivity contribution >= 4 is 34.5 Å². The normalized spacial score (nSPS) is 23.7. The van der Waals surface area contributed by atoms with Gasteiger partial charge >= 0.3 is 6.09 Å². The molecule has 1 aromatic rings. The van der Waals surface area contributed by atoms with Crippen LogP contribution in [0.3, 0.4) is 0 Å². The van der Waals surface area contributed by atoms with Crippen molar-refractivity contribution in [3.05, 3.63) is 15.5 Å². The van der Waals surface area contributed by atoms with E-state index in [0.29, 0.717) is 31.7 Å². The predicted octanol–water partition coefficient (Wildman–Crippen LogP) is 1.86. The molecule has 1 aromatic heterocycles. The van der Waals surface area contributed by atoms with Crippen LogP contribution in [-0.2, 0) is 4.79 Å². The number of likely N-dealkylation sites (tertiary alicyclic amines) is 1. The third-order valence-electron chi connectivity index (χ3n) is 3.84. The van der Waals surface area contributed by atoms with E-state index in [4.69, 9.17) is 5.11 Å². The lowest BCUT2D eigenvalue weighted by Gasteiger charge is -2.35. The number of hydrogen-bond donors (Lipinski definition) is 1. The molecule has 19 heavy (non-hydrogen) atoms. The van der Waals surface area contributed by atoms with Gasteiger partial charge < -0.3 is 10.0 Å². The quantitative estimate of drug-likeness (QED) is 0.801. The summed E-state index contributed by atoms with van der Waals surface area (Å²) in [6.45, 7) is 1.04. The second kappa shape index (κ2) is 4.77. The van der Waals surface area contributed by atoms with E-state index >= 15 is 0 Å². The fraction of sp³-hybridized carbons (Fsp3) is 0.583. The number of hydrogen-bond acceptors (Lipinski definition) is 3. The summed E-state index contributed by atoms with van der Waals surface area (Å²) in [5.41, 5.74) is 0.946. The average molecular weight is 375 g/mol. The highest BCUT2D eigenvalue weighted by molar-refractivity contribution is 14.1. The minimum Gasteiger partial charge on any atom is -0.465 e. The van der Waals surface area contributed by atoms with Gasteiger partial charge in [-0.15, -0.1) is 0 Å². The number of Topliss-reactive ketones (excluding diaryl/α,β-unsaturated/α-hetero) is 1. The zero-order chi connectivity index (χ0) is 13.6. The van der Waals surface area contributed by atoms with E-state index in [1.165, 1.54) is 4.90 Å². The van der Waals surface area contributed by atoms with Gasteiger partial charge in [0, 0.05) is 31.8 Å². The molecule has 1 unspecified atom stereocenters. The first-order chi connectivity index (χ1) is 9.04. The van der Waals surface area contributed by atoms with Crippen LogP contribution in [0.2, 0.25) is 0 Å². The molecule has 102 valence electrons. The second-order valence-corrected chi connectivity index (χ2v) is 6.26. The maximum absolute atomic E-state index is 11.3. The number of amides is 1. The topological polar surface area (TPSA) is 75.4 Å². The number of carbonyl (C=O) groups is 2. The summed E-state index contributed by atoms with van der Waals surface area (Å²) in [6.07, 6.45) is 1.21. The van der Waals surface area contributed by atoms with Crippen molar-refractivity contribution in [1.29, 1.82) is 0 Å². The van der Waals surface area contributed by atoms with Gasteiger partial charge in [0.1, 0.15) is 5.78 Å². The number of carboxylic acid groups (broad SMARTS) is 1. The molecule has 0 radical (unpaired) electrons. The van der Waals surface area contributed by atoms with E-state index < -0.39 is 6.09 Å². The van der Waals surface area contributed by atoms with Crippen molar-refractivity contribution in [2.75, 3.05) is 13.1 Å². The summed E-state index contributed by atoms with van der Waals surface area (Å²) in [5.74, 6) is 0.501. The number of rotatable bonds is 2. The van der Waals surface area contributed by atoms with Crippen molar-refractivity contribution in [2.45, 2.75) is 31.2 Å². The Morgan fingerprint density at radius 2 is 2.21 bits per heavy atom. The molecule has 0 aromatic carbocycles. The Morgan fingerprint density at radius 3 is 2.79 bits per heavy atom. The number of ketones is 1. The van der Waals surface area contributed by atoms with Crippen LogP contribution in [0.15, 0.2) is 6.07 Å². The van der Waals surface area contributed by atoms with Crippen molar-refractivity contribution < 1.29 is 14.7 Å². The molecule has 2 heterocycles. The summed E-state index contributed by atoms with van der Waals surface area (Å²) in [7, 11) is 0. The van der Waals surface area contributed by atoms with E-state index in [1.807, 2.05) is 10.7 Å². The number of halogens is 1. The van der Waals surface area contributed by atoms with Crippen LogP contribution in [0.5, 0.6) is 0 Å². The fourth-order valence-corrected chi connectivity index (χ4v) is 3.49. The Morgan fingerprint density at radius 1 is 1.47 bits per heavy atom. The molecule has 0 bridgehead atoms. The standard InChI is InChI=1S/C12H14IN3O3/c13-11-4-10(7-5-15(6-7)12(18)19)14-16(11)8-1-2-9(17)3-8/h4,7-8H,1-3,5-6H2,(H,18,19). The molecule has 3 rings (SSSR count). The number of aromatic nitrogens is 2. The summed E-state index contributed by atoms with van der Waals surface area (Å²) in [4.78, 5) is 23.5. The number of nitrogens with zero attached hydrogens (tertiary/aromatic N) is 3. The van der Waals surface area contributed by atoms with E-state index in [2.05, 4.69) is 27.7 Å². The first-order valence-electron chi connectivity index (χ1n) is 6.29. The van der Waals surface area contributed by atoms with E-state index in [-0.39, 0.29) is 12.0 Å². The van der Waals surface area contributed by atoms with Gasteiger partial charge in [-0.3, -0.25) is 9.48 Å². The van der Waals surface area contributed by atoms with Crippen LogP contribution in [0.25, 0.3) is 0 Å². The van der Waals surface area contributed by atoms with Crippen LogP contribution in [0.4, 0.5) is 4.79 Å². The average Bonchev–Trinajstić information content (AvgIpc) is 2.82. The van der Waals surface area contributed by atoms with Crippen LogP contribution >= 0.6 is 22.6 Å². The zero-order valence-corrected chi connectivity index (χ0v) is 12.4. The monoisotopic (exact) mass is 375 g/mol. The van der Waals surface area contributed by atoms with Crippen LogP contribution < -0.4 is 0 Å². The molecule has 7 heteroatoms. The van der Waals surface area contributed by atoms with Gasteiger partial charge in [-0.1, -0.05) is 0 Å². The third-order valence-corrected chi connectivity index (χ3v) is 4.65. The molecule has 2 aliphatic rings. The largest absolute Gasteiger partial charge is 0.465 e. The van der Waals surface area contributed by atoms with Gasteiger partial charge in [-0.2, -0.15) is 5.10 Å². The van der Waals surface area contributed by atoms with Crippen molar-refractivity contribution in [2.24, 2.45) is 0 Å². The van der Waals surface area contributed by atoms with Gasteiger partial charge in [0.05, 0.1) is 15.4 Å². The summed E-state index contributed by atoms with van der Waals surface area (Å²) >= 11 is 2.23. The molecule has 1 aliphatic carbocycles. The molecule has 2 fully saturated rings. The van der Waals surface area contributed by atoms with Gasteiger partial charge in [0.25, 0.3) is 0 Å². The van der Waals surface area contributed by atoms with Crippen molar-refractivity contribution in [3.63, 3.8) is 0 Å². The summed E-state index contributed by atoms with van der Waals surface area (Å²) < 4.78 is 2.96. The molecule has 1 saturated heterocycles. The minimum atomic E-state index is -0.869. The Kier molecular flexibility index (Phi) is 3.23. The molecule has 1 N–H and O–H groups in total. The Labute approximate surface area is 123 Å². The lowest BCUT2D eigenvalue weighted by molar-refractivity contribution is -0.117. The SMILES string of the molecule is O=C1CCC(n2nc(C3CN(C(=O)O)C3)cc2I)C1. The molecule has 1 aliphatic heterocycles. The van der Waals surface area contributed by atoms with Crippen LogP contribution in [-0.4, -0.2) is 44.8 Å². The molecule has 1 saturated carbocycles. The highest BCUT2D eigenvalue weighted by atomic mass is 127. The minimum absolute atomic E-state index is 0.184. The van der Waals surface area contributed by atoms with E-state index in [9.17, 15) is 9.59 Å². The number of carbonyl (C=O) groups excluding carboxylic acids is 1. The third kappa shape index (κ3) is 2.35. The molecule has 6 nitrogen and oxygen atoms in total. The molecular formula is C12H14IN3O3. The van der Waals surface area contributed by atoms with Crippen molar-refractivity contribution in [1.82, 2.24) is 14.7 Å². The first-order valence-corrected chi connectivity index (χ1v) is 7.37. The lowest BCUT2D eigenvalue weighted by Crippen LogP contribution is -2.47. The Hall–Kier alpha value is -1.12. The van der Waals surface area contributed by atoms with Crippen molar-refractivity contribution in [3.8, 4) is 0 Å². The Bertz CT molecular complexity index is 536. The molecule has 0 spiro atoms. The summed E-state index contributed by atoms with van der Waals surface area (Å²) in [5, 5.41) is 13.4. The molecular weight excluding hydrogens is 361 g/mol. The fourth-order valence-electron chi connectivity index (χ4n) is 2.67. The smallest absolute Gasteiger partial charge is 0.407 e. The zero-order valence-electron chi connectivity index (χ0n) is 10.3. The highest BCUT2D eigenvalue weighted by Crippen LogP contribution is 2.32. The van der Waals surface area contributed by atoms with Crippen LogP contribution in [0, 0.1) is 3.70 Å². The van der Waals surface area contributed by atoms with Gasteiger partial charge in [0.15, 0.2) is 0 Å². The maximum atomic E-state index is 11.3. The van der Waals surface area contributed by atoms with E-state index in [1.54, 1.807) is 0 Å². The summed E-state index contributed by atoms with van der Waals surface area (Å²) in [6, 6.07) is 2.19. The lowest BCUT2D eigenvalue weighted by atomic mass is 9.97. The van der Waals surface area contributed by atoms with Gasteiger partial charge in [-0.05, 0) is 35.1 Å². The van der Waals surface area contributed by atoms with Crippen LogP contribution in [0.1, 0.15) is 36.9 Å². The Balaban J connectivity index is 1.72. The highest BCUT2D eigenvalue weighted by Gasteiger charge is 2.34. The second-order valence-electron chi connectivity index (χ2n) is 5.16. The predicted molar refractivity (Wildman–Crippen MR) is 75.2 cm³/mol. The molecule has 1 amide bonds. The maximum Gasteiger partial charge on any atom is 0.407 e.